The maximum absolute atomic E-state index is 13.0. The number of hydrogen-bond acceptors (Lipinski definition) is 6. The third-order valence-electron chi connectivity index (χ3n) is 7.12. The zero-order chi connectivity index (χ0) is 26.3. The fourth-order valence-electron chi connectivity index (χ4n) is 4.40. The van der Waals surface area contributed by atoms with Crippen molar-refractivity contribution in [3.05, 3.63) is 57.1 Å². The number of halogens is 2. The van der Waals surface area contributed by atoms with Gasteiger partial charge >= 0.3 is 13.1 Å². The minimum Gasteiger partial charge on any atom is -0.494 e. The van der Waals surface area contributed by atoms with E-state index in [1.165, 1.54) is 7.11 Å². The Labute approximate surface area is 221 Å². The lowest BCUT2D eigenvalue weighted by molar-refractivity contribution is -0.142. The molecule has 2 heterocycles. The van der Waals surface area contributed by atoms with Crippen molar-refractivity contribution in [3.63, 3.8) is 0 Å². The van der Waals surface area contributed by atoms with E-state index >= 15 is 0 Å². The van der Waals surface area contributed by atoms with Gasteiger partial charge in [0.05, 0.1) is 40.5 Å². The smallest absolute Gasteiger partial charge is 0.494 e. The van der Waals surface area contributed by atoms with Crippen LogP contribution in [0.15, 0.2) is 30.3 Å². The molecule has 10 heteroatoms. The van der Waals surface area contributed by atoms with E-state index in [0.717, 1.165) is 29.4 Å². The summed E-state index contributed by atoms with van der Waals surface area (Å²) in [5, 5.41) is 3.13. The zero-order valence-corrected chi connectivity index (χ0v) is 22.6. The summed E-state index contributed by atoms with van der Waals surface area (Å²) >= 11 is 12.4. The molecule has 0 saturated carbocycles. The Morgan fingerprint density at radius 1 is 1.08 bits per heavy atom. The topological polar surface area (TPSA) is 83.1 Å². The number of carbonyl (C=O) groups excluding carboxylic acids is 2. The van der Waals surface area contributed by atoms with E-state index in [0.29, 0.717) is 12.4 Å². The first kappa shape index (κ1) is 26.8. The molecule has 2 aromatic carbocycles. The molecule has 2 aliphatic rings. The Balaban J connectivity index is 1.64. The van der Waals surface area contributed by atoms with E-state index < -0.39 is 36.2 Å². The Morgan fingerprint density at radius 2 is 1.72 bits per heavy atom. The fourth-order valence-corrected chi connectivity index (χ4v) is 4.97. The number of fused-ring (bicyclic) bond motifs is 1. The average molecular weight is 534 g/mol. The summed E-state index contributed by atoms with van der Waals surface area (Å²) in [4.78, 5) is 25.7. The number of methoxy groups -OCH3 is 1. The molecule has 2 aliphatic heterocycles. The first-order valence-corrected chi connectivity index (χ1v) is 12.7. The normalized spacial score (nSPS) is 18.7. The molecule has 0 radical (unpaired) electrons. The van der Waals surface area contributed by atoms with Crippen molar-refractivity contribution in [2.75, 3.05) is 13.7 Å². The van der Waals surface area contributed by atoms with Crippen LogP contribution in [0.4, 0.5) is 0 Å². The van der Waals surface area contributed by atoms with Gasteiger partial charge in [-0.3, -0.25) is 4.79 Å². The average Bonchev–Trinajstić information content (AvgIpc) is 3.04. The van der Waals surface area contributed by atoms with Crippen molar-refractivity contribution >= 4 is 47.7 Å². The van der Waals surface area contributed by atoms with Crippen LogP contribution >= 0.6 is 23.2 Å². The fraction of sp³-hybridized carbons (Fsp3) is 0.462. The lowest BCUT2D eigenvalue weighted by Gasteiger charge is -2.32. The number of esters is 1. The van der Waals surface area contributed by atoms with E-state index in [2.05, 4.69) is 5.32 Å². The van der Waals surface area contributed by atoms with Gasteiger partial charge in [-0.25, -0.2) is 4.79 Å². The minimum atomic E-state index is -0.955. The molecular weight excluding hydrogens is 504 g/mol. The third-order valence-corrected chi connectivity index (χ3v) is 7.75. The summed E-state index contributed by atoms with van der Waals surface area (Å²) in [6, 6.07) is 7.66. The number of rotatable bonds is 6. The summed E-state index contributed by atoms with van der Waals surface area (Å²) in [7, 11) is 0.707. The second-order valence-electron chi connectivity index (χ2n) is 10.0. The minimum absolute atomic E-state index is 0.108. The summed E-state index contributed by atoms with van der Waals surface area (Å²) in [6.07, 6.45) is 1.79. The molecule has 1 fully saturated rings. The van der Waals surface area contributed by atoms with Gasteiger partial charge in [0.15, 0.2) is 0 Å². The second-order valence-corrected chi connectivity index (χ2v) is 10.8. The van der Waals surface area contributed by atoms with Crippen LogP contribution in [0.2, 0.25) is 10.0 Å². The Bertz CT molecular complexity index is 1150. The largest absolute Gasteiger partial charge is 0.498 e. The lowest BCUT2D eigenvalue weighted by atomic mass is 9.75. The van der Waals surface area contributed by atoms with Crippen molar-refractivity contribution in [1.82, 2.24) is 5.32 Å². The molecule has 7 nitrogen and oxygen atoms in total. The van der Waals surface area contributed by atoms with Crippen molar-refractivity contribution in [1.29, 1.82) is 0 Å². The molecule has 1 N–H and O–H groups in total. The highest BCUT2D eigenvalue weighted by molar-refractivity contribution is 6.63. The molecule has 0 spiro atoms. The predicted octanol–water partition coefficient (Wildman–Crippen LogP) is 4.13. The first-order chi connectivity index (χ1) is 16.9. The van der Waals surface area contributed by atoms with Gasteiger partial charge in [-0.1, -0.05) is 41.4 Å². The summed E-state index contributed by atoms with van der Waals surface area (Å²) in [6.45, 7) is 8.59. The van der Waals surface area contributed by atoms with Crippen LogP contribution in [0.25, 0.3) is 0 Å². The van der Waals surface area contributed by atoms with E-state index in [9.17, 15) is 9.59 Å². The van der Waals surface area contributed by atoms with Gasteiger partial charge in [-0.15, -0.1) is 0 Å². The molecule has 0 bridgehead atoms. The second kappa shape index (κ2) is 10.2. The summed E-state index contributed by atoms with van der Waals surface area (Å²) < 4.78 is 23.6. The number of hydrogen-bond donors (Lipinski definition) is 1. The lowest BCUT2D eigenvalue weighted by Crippen LogP contribution is -2.44. The van der Waals surface area contributed by atoms with E-state index in [1.807, 2.05) is 39.8 Å². The highest BCUT2D eigenvalue weighted by atomic mass is 35.5. The monoisotopic (exact) mass is 533 g/mol. The van der Waals surface area contributed by atoms with E-state index in [-0.39, 0.29) is 22.0 Å². The highest BCUT2D eigenvalue weighted by Crippen LogP contribution is 2.38. The zero-order valence-electron chi connectivity index (χ0n) is 21.1. The van der Waals surface area contributed by atoms with Crippen molar-refractivity contribution in [2.24, 2.45) is 0 Å². The van der Waals surface area contributed by atoms with E-state index in [4.69, 9.17) is 42.0 Å². The van der Waals surface area contributed by atoms with Gasteiger partial charge in [0.25, 0.3) is 5.91 Å². The van der Waals surface area contributed by atoms with Crippen molar-refractivity contribution in [3.8, 4) is 5.75 Å². The van der Waals surface area contributed by atoms with Gasteiger partial charge < -0.3 is 24.1 Å². The quantitative estimate of drug-likeness (QED) is 0.444. The van der Waals surface area contributed by atoms with Gasteiger partial charge in [0.2, 0.25) is 0 Å². The molecule has 1 amide bonds. The number of nitrogens with one attached hydrogen (secondary N) is 1. The Hall–Kier alpha value is -2.26. The molecular formula is C26H30BCl2NO6. The van der Waals surface area contributed by atoms with Crippen LogP contribution in [-0.2, 0) is 31.7 Å². The van der Waals surface area contributed by atoms with Crippen LogP contribution in [0.3, 0.4) is 0 Å². The summed E-state index contributed by atoms with van der Waals surface area (Å²) in [5.41, 5.74) is 1.78. The maximum atomic E-state index is 13.0. The molecule has 2 aromatic rings. The SMILES string of the molecule is COC(=O)C(Cc1ccc(B2OC(C)(C)C(C)(C)O2)c2c1CCCO2)NC(=O)c1c(Cl)cccc1Cl. The number of benzene rings is 2. The molecule has 36 heavy (non-hydrogen) atoms. The predicted molar refractivity (Wildman–Crippen MR) is 139 cm³/mol. The number of ether oxygens (including phenoxy) is 2. The first-order valence-electron chi connectivity index (χ1n) is 11.9. The Morgan fingerprint density at radius 3 is 2.33 bits per heavy atom. The van der Waals surface area contributed by atoms with Crippen LogP contribution < -0.4 is 15.5 Å². The van der Waals surface area contributed by atoms with Crippen LogP contribution in [0.1, 0.15) is 55.6 Å². The molecule has 192 valence electrons. The van der Waals surface area contributed by atoms with Gasteiger partial charge in [0, 0.05) is 11.9 Å². The third kappa shape index (κ3) is 5.09. The van der Waals surface area contributed by atoms with E-state index in [1.54, 1.807) is 18.2 Å². The Kier molecular flexibility index (Phi) is 7.63. The maximum Gasteiger partial charge on any atom is 0.498 e. The van der Waals surface area contributed by atoms with Crippen molar-refractivity contribution in [2.45, 2.75) is 64.2 Å². The highest BCUT2D eigenvalue weighted by Gasteiger charge is 2.52. The van der Waals surface area contributed by atoms with Gasteiger partial charge in [-0.05, 0) is 63.8 Å². The molecule has 1 saturated heterocycles. The molecule has 4 rings (SSSR count). The van der Waals surface area contributed by atoms with Gasteiger partial charge in [-0.2, -0.15) is 0 Å². The standard InChI is InChI=1S/C26H30BCl2NO6/c1-25(2)26(3,4)36-27(35-25)17-12-11-15(16-8-7-13-34-22(16)17)14-20(24(32)33-5)30-23(31)21-18(28)9-6-10-19(21)29/h6,9-12,20H,7-8,13-14H2,1-5H3,(H,30,31). The van der Waals surface area contributed by atoms with Crippen LogP contribution in [0.5, 0.6) is 5.75 Å². The van der Waals surface area contributed by atoms with Gasteiger partial charge in [0.1, 0.15) is 11.8 Å². The van der Waals surface area contributed by atoms with Crippen LogP contribution in [-0.4, -0.2) is 50.0 Å². The van der Waals surface area contributed by atoms with Crippen molar-refractivity contribution < 1.29 is 28.4 Å². The molecule has 0 aliphatic carbocycles. The number of carbonyl (C=O) groups is 2. The molecule has 1 atom stereocenters. The molecule has 0 aromatic heterocycles. The summed E-state index contributed by atoms with van der Waals surface area (Å²) in [5.74, 6) is -0.423. The van der Waals surface area contributed by atoms with Crippen LogP contribution in [0, 0.1) is 0 Å². The molecule has 1 unspecified atom stereocenters. The number of amides is 1.